The fraction of sp³-hybridized carbons (Fsp3) is 0.500. The average molecular weight is 352 g/mol. The summed E-state index contributed by atoms with van der Waals surface area (Å²) in [6.07, 6.45) is 0. The first-order chi connectivity index (χ1) is 12.2. The van der Waals surface area contributed by atoms with Gasteiger partial charge in [0.2, 0.25) is 35.4 Å². The number of aliphatic hydroxyl groups is 3. The van der Waals surface area contributed by atoms with Gasteiger partial charge in [-0.15, -0.1) is 0 Å². The number of aromatic nitrogens is 6. The molecule has 2 rings (SSSR count). The lowest BCUT2D eigenvalue weighted by molar-refractivity contribution is 0.310. The van der Waals surface area contributed by atoms with E-state index in [4.69, 9.17) is 21.1 Å². The number of hydrogen-bond acceptors (Lipinski definition) is 13. The number of anilines is 4. The molecule has 25 heavy (non-hydrogen) atoms. The highest BCUT2D eigenvalue weighted by molar-refractivity contribution is 5.53. The molecule has 13 nitrogen and oxygen atoms in total. The summed E-state index contributed by atoms with van der Waals surface area (Å²) in [4.78, 5) is 24.5. The van der Waals surface area contributed by atoms with E-state index in [1.54, 1.807) is 0 Å². The van der Waals surface area contributed by atoms with E-state index in [9.17, 15) is 0 Å². The summed E-state index contributed by atoms with van der Waals surface area (Å²) < 4.78 is 0. The molecule has 0 spiro atoms. The molecular weight excluding hydrogens is 332 g/mol. The van der Waals surface area contributed by atoms with Gasteiger partial charge in [0.15, 0.2) is 0 Å². The highest BCUT2D eigenvalue weighted by Gasteiger charge is 2.13. The van der Waals surface area contributed by atoms with Crippen LogP contribution < -0.4 is 21.7 Å². The second-order valence-electron chi connectivity index (χ2n) is 4.60. The van der Waals surface area contributed by atoms with E-state index in [1.807, 2.05) is 0 Å². The van der Waals surface area contributed by atoms with Gasteiger partial charge >= 0.3 is 0 Å². The maximum absolute atomic E-state index is 8.92. The predicted octanol–water partition coefficient (Wildman–Crippen LogP) is -2.48. The maximum atomic E-state index is 8.92. The molecule has 0 saturated heterocycles. The van der Waals surface area contributed by atoms with Crippen molar-refractivity contribution >= 4 is 23.8 Å². The molecule has 0 fully saturated rings. The van der Waals surface area contributed by atoms with E-state index < -0.39 is 0 Å². The van der Waals surface area contributed by atoms with Crippen LogP contribution in [0.5, 0.6) is 0 Å². The van der Waals surface area contributed by atoms with Gasteiger partial charge < -0.3 is 37.0 Å². The van der Waals surface area contributed by atoms with Crippen LogP contribution in [0.15, 0.2) is 0 Å². The molecule has 2 aromatic rings. The smallest absolute Gasteiger partial charge is 0.228 e. The summed E-state index contributed by atoms with van der Waals surface area (Å²) in [6.45, 7) is 0.420. The molecule has 0 aliphatic rings. The standard InChI is InChI=1S/C12H20N10O3/c13-9-17-7(18-10(21-9)14-1-4-23)8-19-11(15-2-5-24)22-12(20-8)16-3-6-25/h23-25H,1-6H2,(H3,13,14,17,18,21)(H2,15,16,19,20,22). The van der Waals surface area contributed by atoms with Crippen molar-refractivity contribution < 1.29 is 15.3 Å². The van der Waals surface area contributed by atoms with Gasteiger partial charge in [0.05, 0.1) is 19.8 Å². The first-order valence-electron chi connectivity index (χ1n) is 7.48. The normalized spacial score (nSPS) is 10.5. The van der Waals surface area contributed by atoms with Crippen LogP contribution in [0.1, 0.15) is 0 Å². The van der Waals surface area contributed by atoms with Crippen molar-refractivity contribution in [3.05, 3.63) is 0 Å². The largest absolute Gasteiger partial charge is 0.395 e. The van der Waals surface area contributed by atoms with E-state index in [0.29, 0.717) is 0 Å². The number of nitrogens with one attached hydrogen (secondary N) is 3. The van der Waals surface area contributed by atoms with Gasteiger partial charge in [-0.3, -0.25) is 0 Å². The minimum absolute atomic E-state index is 0.0411. The highest BCUT2D eigenvalue weighted by Crippen LogP contribution is 2.16. The minimum atomic E-state index is -0.103. The second-order valence-corrected chi connectivity index (χ2v) is 4.60. The van der Waals surface area contributed by atoms with Gasteiger partial charge in [0.1, 0.15) is 0 Å². The molecular formula is C12H20N10O3. The quantitative estimate of drug-likeness (QED) is 0.237. The zero-order chi connectivity index (χ0) is 18.1. The number of aliphatic hydroxyl groups excluding tert-OH is 3. The van der Waals surface area contributed by atoms with Crippen LogP contribution in [0, 0.1) is 0 Å². The third-order valence-electron chi connectivity index (χ3n) is 2.67. The van der Waals surface area contributed by atoms with Crippen LogP contribution >= 0.6 is 0 Å². The summed E-state index contributed by atoms with van der Waals surface area (Å²) in [5.41, 5.74) is 5.67. The first-order valence-corrected chi connectivity index (χ1v) is 7.48. The lowest BCUT2D eigenvalue weighted by atomic mass is 10.5. The fourth-order valence-electron chi connectivity index (χ4n) is 1.71. The Balaban J connectivity index is 2.36. The molecule has 2 aromatic heterocycles. The zero-order valence-electron chi connectivity index (χ0n) is 13.3. The van der Waals surface area contributed by atoms with Gasteiger partial charge in [-0.05, 0) is 0 Å². The van der Waals surface area contributed by atoms with E-state index in [0.717, 1.165) is 0 Å². The van der Waals surface area contributed by atoms with Crippen molar-refractivity contribution in [2.24, 2.45) is 0 Å². The highest BCUT2D eigenvalue weighted by atomic mass is 16.3. The SMILES string of the molecule is Nc1nc(NCCO)nc(-c2nc(NCCO)nc(NCCO)n2)n1. The molecule has 0 radical (unpaired) electrons. The Morgan fingerprint density at radius 2 is 1.00 bits per heavy atom. The Labute approximate surface area is 142 Å². The van der Waals surface area contributed by atoms with Crippen molar-refractivity contribution in [2.45, 2.75) is 0 Å². The van der Waals surface area contributed by atoms with E-state index in [2.05, 4.69) is 45.9 Å². The first kappa shape index (κ1) is 18.4. The number of rotatable bonds is 10. The van der Waals surface area contributed by atoms with Gasteiger partial charge in [-0.25, -0.2) is 0 Å². The van der Waals surface area contributed by atoms with Crippen LogP contribution in [0.3, 0.4) is 0 Å². The third kappa shape index (κ3) is 5.59. The Morgan fingerprint density at radius 1 is 0.600 bits per heavy atom. The number of nitrogens with zero attached hydrogens (tertiary/aromatic N) is 6. The lowest BCUT2D eigenvalue weighted by Crippen LogP contribution is -2.15. The number of nitrogens with two attached hydrogens (primary N) is 1. The summed E-state index contributed by atoms with van der Waals surface area (Å²) in [7, 11) is 0. The van der Waals surface area contributed by atoms with Gasteiger partial charge in [0.25, 0.3) is 0 Å². The van der Waals surface area contributed by atoms with Crippen molar-refractivity contribution in [2.75, 3.05) is 61.1 Å². The Morgan fingerprint density at radius 3 is 1.44 bits per heavy atom. The third-order valence-corrected chi connectivity index (χ3v) is 2.67. The molecule has 2 heterocycles. The molecule has 0 unspecified atom stereocenters. The van der Waals surface area contributed by atoms with Crippen LogP contribution in [0.2, 0.25) is 0 Å². The molecule has 0 amide bonds. The zero-order valence-corrected chi connectivity index (χ0v) is 13.3. The second kappa shape index (κ2) is 9.41. The Kier molecular flexibility index (Phi) is 6.94. The van der Waals surface area contributed by atoms with Crippen LogP contribution in [0.25, 0.3) is 11.6 Å². The number of nitrogen functional groups attached to an aromatic ring is 1. The minimum Gasteiger partial charge on any atom is -0.395 e. The van der Waals surface area contributed by atoms with Gasteiger partial charge in [0, 0.05) is 19.6 Å². The monoisotopic (exact) mass is 352 g/mol. The molecule has 0 saturated carbocycles. The summed E-state index contributed by atoms with van der Waals surface area (Å²) in [5.74, 6) is 0.755. The van der Waals surface area contributed by atoms with E-state index >= 15 is 0 Å². The van der Waals surface area contributed by atoms with Crippen LogP contribution in [-0.2, 0) is 0 Å². The predicted molar refractivity (Wildman–Crippen MR) is 89.8 cm³/mol. The molecule has 0 aromatic carbocycles. The average Bonchev–Trinajstić information content (AvgIpc) is 2.62. The number of hydrogen-bond donors (Lipinski definition) is 7. The van der Waals surface area contributed by atoms with Crippen molar-refractivity contribution in [3.8, 4) is 11.6 Å². The molecule has 0 aliphatic carbocycles. The summed E-state index contributed by atoms with van der Waals surface area (Å²) >= 11 is 0. The maximum Gasteiger partial charge on any atom is 0.228 e. The Hall–Kier alpha value is -2.90. The molecule has 136 valence electrons. The summed E-state index contributed by atoms with van der Waals surface area (Å²) in [5, 5.41) is 35.1. The van der Waals surface area contributed by atoms with Crippen LogP contribution in [0.4, 0.5) is 23.8 Å². The molecule has 0 aliphatic heterocycles. The van der Waals surface area contributed by atoms with Gasteiger partial charge in [-0.2, -0.15) is 29.9 Å². The summed E-state index contributed by atoms with van der Waals surface area (Å²) in [6, 6.07) is 0. The van der Waals surface area contributed by atoms with Crippen molar-refractivity contribution in [3.63, 3.8) is 0 Å². The molecule has 0 atom stereocenters. The van der Waals surface area contributed by atoms with Gasteiger partial charge in [-0.1, -0.05) is 0 Å². The molecule has 0 bridgehead atoms. The topological polar surface area (TPSA) is 200 Å². The lowest BCUT2D eigenvalue weighted by Gasteiger charge is -2.09. The van der Waals surface area contributed by atoms with Crippen molar-refractivity contribution in [1.82, 2.24) is 29.9 Å². The molecule has 13 heteroatoms. The fourth-order valence-corrected chi connectivity index (χ4v) is 1.71. The van der Waals surface area contributed by atoms with Crippen LogP contribution in [-0.4, -0.2) is 84.7 Å². The van der Waals surface area contributed by atoms with E-state index in [-0.39, 0.29) is 74.9 Å². The van der Waals surface area contributed by atoms with E-state index in [1.165, 1.54) is 0 Å². The van der Waals surface area contributed by atoms with Crippen molar-refractivity contribution in [1.29, 1.82) is 0 Å². The Bertz CT molecular complexity index is 660. The molecule has 8 N–H and O–H groups in total.